The van der Waals surface area contributed by atoms with Gasteiger partial charge in [-0.25, -0.2) is 4.39 Å². The minimum Gasteiger partial charge on any atom is -0.482 e. The molecule has 112 valence electrons. The molecule has 2 atom stereocenters. The van der Waals surface area contributed by atoms with E-state index in [2.05, 4.69) is 0 Å². The van der Waals surface area contributed by atoms with Crippen LogP contribution in [0.1, 0.15) is 25.0 Å². The van der Waals surface area contributed by atoms with E-state index >= 15 is 0 Å². The molecule has 0 aliphatic rings. The molecule has 0 spiro atoms. The standard InChI is InChI=1S/C16H16Cl2FNO/c1-2-13(20)16(10-5-3-6-11(19)9-10)21-14-8-4-7-12(17)15(14)18/h3-9,13,16H,2,20H2,1H3. The van der Waals surface area contributed by atoms with Crippen LogP contribution >= 0.6 is 23.2 Å². The van der Waals surface area contributed by atoms with Crippen LogP contribution in [0.25, 0.3) is 0 Å². The Morgan fingerprint density at radius 1 is 1.19 bits per heavy atom. The third kappa shape index (κ3) is 3.88. The Balaban J connectivity index is 2.35. The predicted octanol–water partition coefficient (Wildman–Crippen LogP) is 4.99. The minimum atomic E-state index is -0.498. The van der Waals surface area contributed by atoms with Gasteiger partial charge in [0.25, 0.3) is 0 Å². The van der Waals surface area contributed by atoms with Crippen molar-refractivity contribution in [2.24, 2.45) is 5.73 Å². The zero-order chi connectivity index (χ0) is 15.4. The molecule has 2 unspecified atom stereocenters. The second-order valence-corrected chi connectivity index (χ2v) is 5.50. The molecular formula is C16H16Cl2FNO. The first-order valence-electron chi connectivity index (χ1n) is 6.64. The summed E-state index contributed by atoms with van der Waals surface area (Å²) < 4.78 is 19.3. The van der Waals surface area contributed by atoms with E-state index in [0.717, 1.165) is 0 Å². The summed E-state index contributed by atoms with van der Waals surface area (Å²) in [6.07, 6.45) is 0.181. The number of hydrogen-bond acceptors (Lipinski definition) is 2. The van der Waals surface area contributed by atoms with Crippen molar-refractivity contribution in [3.63, 3.8) is 0 Å². The van der Waals surface area contributed by atoms with E-state index < -0.39 is 6.10 Å². The van der Waals surface area contributed by atoms with Gasteiger partial charge in [-0.15, -0.1) is 0 Å². The fraction of sp³-hybridized carbons (Fsp3) is 0.250. The Kier molecular flexibility index (Phi) is 5.45. The fourth-order valence-electron chi connectivity index (χ4n) is 2.01. The molecule has 0 amide bonds. The first-order valence-corrected chi connectivity index (χ1v) is 7.40. The Morgan fingerprint density at radius 3 is 2.57 bits per heavy atom. The summed E-state index contributed by atoms with van der Waals surface area (Å²) in [5.74, 6) is 0.101. The van der Waals surface area contributed by atoms with Crippen molar-refractivity contribution in [3.05, 3.63) is 63.9 Å². The summed E-state index contributed by atoms with van der Waals surface area (Å²) in [4.78, 5) is 0. The lowest BCUT2D eigenvalue weighted by Gasteiger charge is -2.25. The van der Waals surface area contributed by atoms with E-state index in [1.165, 1.54) is 12.1 Å². The van der Waals surface area contributed by atoms with Crippen LogP contribution in [0.2, 0.25) is 10.0 Å². The van der Waals surface area contributed by atoms with Gasteiger partial charge in [-0.1, -0.05) is 48.3 Å². The van der Waals surface area contributed by atoms with Crippen molar-refractivity contribution in [1.29, 1.82) is 0 Å². The minimum absolute atomic E-state index is 0.290. The molecule has 0 fully saturated rings. The van der Waals surface area contributed by atoms with Gasteiger partial charge in [0.2, 0.25) is 0 Å². The summed E-state index contributed by atoms with van der Waals surface area (Å²) >= 11 is 12.1. The highest BCUT2D eigenvalue weighted by molar-refractivity contribution is 6.42. The van der Waals surface area contributed by atoms with Gasteiger partial charge in [-0.3, -0.25) is 0 Å². The molecule has 0 aromatic heterocycles. The van der Waals surface area contributed by atoms with Crippen LogP contribution in [-0.4, -0.2) is 6.04 Å². The van der Waals surface area contributed by atoms with Crippen molar-refractivity contribution in [3.8, 4) is 5.75 Å². The van der Waals surface area contributed by atoms with Crippen LogP contribution in [-0.2, 0) is 0 Å². The van der Waals surface area contributed by atoms with E-state index in [9.17, 15) is 4.39 Å². The maximum absolute atomic E-state index is 13.4. The van der Waals surface area contributed by atoms with E-state index in [0.29, 0.717) is 27.8 Å². The molecule has 2 aromatic carbocycles. The molecule has 21 heavy (non-hydrogen) atoms. The van der Waals surface area contributed by atoms with Gasteiger partial charge in [-0.2, -0.15) is 0 Å². The molecule has 0 aliphatic carbocycles. The van der Waals surface area contributed by atoms with Crippen molar-refractivity contribution in [1.82, 2.24) is 0 Å². The van der Waals surface area contributed by atoms with Gasteiger partial charge in [0, 0.05) is 6.04 Å². The van der Waals surface area contributed by atoms with Gasteiger partial charge in [0.1, 0.15) is 22.7 Å². The molecule has 2 aromatic rings. The normalized spacial score (nSPS) is 13.8. The van der Waals surface area contributed by atoms with E-state index in [1.807, 2.05) is 6.92 Å². The average Bonchev–Trinajstić information content (AvgIpc) is 2.48. The quantitative estimate of drug-likeness (QED) is 0.839. The predicted molar refractivity (Wildman–Crippen MR) is 84.5 cm³/mol. The van der Waals surface area contributed by atoms with Crippen LogP contribution < -0.4 is 10.5 Å². The highest BCUT2D eigenvalue weighted by atomic mass is 35.5. The lowest BCUT2D eigenvalue weighted by Crippen LogP contribution is -2.31. The van der Waals surface area contributed by atoms with Crippen LogP contribution in [0.3, 0.4) is 0 Å². The first-order chi connectivity index (χ1) is 10.0. The van der Waals surface area contributed by atoms with E-state index in [4.69, 9.17) is 33.7 Å². The summed E-state index contributed by atoms with van der Waals surface area (Å²) in [6, 6.07) is 11.0. The SMILES string of the molecule is CCC(N)C(Oc1cccc(Cl)c1Cl)c1cccc(F)c1. The summed E-state index contributed by atoms with van der Waals surface area (Å²) in [6.45, 7) is 1.94. The number of benzene rings is 2. The summed E-state index contributed by atoms with van der Waals surface area (Å²) in [5.41, 5.74) is 6.78. The molecule has 0 heterocycles. The second-order valence-electron chi connectivity index (χ2n) is 4.72. The van der Waals surface area contributed by atoms with Gasteiger partial charge < -0.3 is 10.5 Å². The molecule has 0 saturated heterocycles. The maximum Gasteiger partial charge on any atom is 0.140 e. The van der Waals surface area contributed by atoms with Crippen molar-refractivity contribution in [2.45, 2.75) is 25.5 Å². The molecule has 0 radical (unpaired) electrons. The molecule has 0 aliphatic heterocycles. The summed E-state index contributed by atoms with van der Waals surface area (Å²) in [5, 5.41) is 0.723. The zero-order valence-corrected chi connectivity index (χ0v) is 13.0. The Bertz CT molecular complexity index is 621. The highest BCUT2D eigenvalue weighted by Crippen LogP contribution is 2.35. The van der Waals surface area contributed by atoms with Crippen molar-refractivity contribution >= 4 is 23.2 Å². The number of nitrogens with two attached hydrogens (primary N) is 1. The van der Waals surface area contributed by atoms with Gasteiger partial charge >= 0.3 is 0 Å². The summed E-state index contributed by atoms with van der Waals surface area (Å²) in [7, 11) is 0. The molecular weight excluding hydrogens is 312 g/mol. The Labute approximate surface area is 133 Å². The molecule has 0 bridgehead atoms. The Hall–Kier alpha value is -1.29. The highest BCUT2D eigenvalue weighted by Gasteiger charge is 2.22. The van der Waals surface area contributed by atoms with Crippen LogP contribution in [0.5, 0.6) is 5.75 Å². The molecule has 0 saturated carbocycles. The van der Waals surface area contributed by atoms with Crippen LogP contribution in [0, 0.1) is 5.82 Å². The van der Waals surface area contributed by atoms with Crippen molar-refractivity contribution in [2.75, 3.05) is 0 Å². The average molecular weight is 328 g/mol. The Morgan fingerprint density at radius 2 is 1.90 bits per heavy atom. The van der Waals surface area contributed by atoms with Gasteiger partial charge in [0.05, 0.1) is 5.02 Å². The second kappa shape index (κ2) is 7.12. The van der Waals surface area contributed by atoms with Gasteiger partial charge in [0.15, 0.2) is 0 Å². The monoisotopic (exact) mass is 327 g/mol. The topological polar surface area (TPSA) is 35.2 Å². The number of ether oxygens (including phenoxy) is 1. The molecule has 2 rings (SSSR count). The number of halogens is 3. The van der Waals surface area contributed by atoms with Crippen LogP contribution in [0.15, 0.2) is 42.5 Å². The zero-order valence-electron chi connectivity index (χ0n) is 11.5. The number of rotatable bonds is 5. The third-order valence-electron chi connectivity index (χ3n) is 3.21. The van der Waals surface area contributed by atoms with Gasteiger partial charge in [-0.05, 0) is 36.2 Å². The number of hydrogen-bond donors (Lipinski definition) is 1. The molecule has 5 heteroatoms. The third-order valence-corrected chi connectivity index (χ3v) is 4.01. The van der Waals surface area contributed by atoms with E-state index in [-0.39, 0.29) is 11.9 Å². The molecule has 2 N–H and O–H groups in total. The maximum atomic E-state index is 13.4. The molecule has 2 nitrogen and oxygen atoms in total. The first kappa shape index (κ1) is 16.1. The van der Waals surface area contributed by atoms with Crippen LogP contribution in [0.4, 0.5) is 4.39 Å². The fourth-order valence-corrected chi connectivity index (χ4v) is 2.35. The smallest absolute Gasteiger partial charge is 0.140 e. The van der Waals surface area contributed by atoms with E-state index in [1.54, 1.807) is 30.3 Å². The van der Waals surface area contributed by atoms with Crippen molar-refractivity contribution < 1.29 is 9.13 Å². The lowest BCUT2D eigenvalue weighted by atomic mass is 10.0. The largest absolute Gasteiger partial charge is 0.482 e. The lowest BCUT2D eigenvalue weighted by molar-refractivity contribution is 0.171.